The number of hydrogen-bond acceptors (Lipinski definition) is 7. The Hall–Kier alpha value is -4.35. The Balaban J connectivity index is 1.53. The van der Waals surface area contributed by atoms with Gasteiger partial charge in [-0.1, -0.05) is 64.0 Å². The molecule has 1 atom stereocenters. The van der Waals surface area contributed by atoms with Crippen LogP contribution < -0.4 is 10.9 Å². The molecule has 186 valence electrons. The molecule has 0 radical (unpaired) electrons. The van der Waals surface area contributed by atoms with E-state index in [2.05, 4.69) is 30.9 Å². The minimum atomic E-state index is -0.897. The highest BCUT2D eigenvalue weighted by molar-refractivity contribution is 6.31. The summed E-state index contributed by atoms with van der Waals surface area (Å²) >= 11 is 12.2. The van der Waals surface area contributed by atoms with Crippen molar-refractivity contribution >= 4 is 34.9 Å². The largest absolute Gasteiger partial charge is 0.306 e. The number of aromatic nitrogens is 8. The molecule has 5 aromatic rings. The van der Waals surface area contributed by atoms with Gasteiger partial charge in [0, 0.05) is 30.1 Å². The van der Waals surface area contributed by atoms with E-state index in [9.17, 15) is 9.59 Å². The molecule has 1 N–H and O–H groups in total. The van der Waals surface area contributed by atoms with E-state index in [1.807, 2.05) is 30.3 Å². The van der Waals surface area contributed by atoms with E-state index in [1.165, 1.54) is 32.5 Å². The third-order valence-electron chi connectivity index (χ3n) is 5.55. The second kappa shape index (κ2) is 10.3. The number of amides is 1. The maximum atomic E-state index is 13.4. The minimum Gasteiger partial charge on any atom is -0.306 e. The Morgan fingerprint density at radius 2 is 1.84 bits per heavy atom. The topological polar surface area (TPSA) is 125 Å². The standard InChI is InChI=1S/C24H19Cl2N9O2/c1-33-13-22(30-31-33)28-24(37)20(9-15-5-3-2-4-6-15)34-14-27-18(11-23(34)36)17-10-16(25)7-8-19(17)35-12-21(26)29-32-35/h2-8,10-14,20H,9H2,1H3,(H,28,37)/t20-/m0/s1. The zero-order valence-corrected chi connectivity index (χ0v) is 20.9. The third kappa shape index (κ3) is 5.42. The second-order valence-corrected chi connectivity index (χ2v) is 8.96. The number of hydrogen-bond donors (Lipinski definition) is 1. The molecular formula is C24H19Cl2N9O2. The number of carbonyl (C=O) groups excluding carboxylic acids is 1. The van der Waals surface area contributed by atoms with Gasteiger partial charge in [-0.2, -0.15) is 0 Å². The number of halogens is 2. The summed E-state index contributed by atoms with van der Waals surface area (Å²) in [6.07, 6.45) is 4.70. The Morgan fingerprint density at radius 3 is 2.51 bits per heavy atom. The number of nitrogens with one attached hydrogen (secondary N) is 1. The van der Waals surface area contributed by atoms with Gasteiger partial charge in [-0.3, -0.25) is 18.8 Å². The molecule has 1 amide bonds. The number of benzene rings is 2. The Bertz CT molecular complexity index is 1630. The molecule has 0 aliphatic heterocycles. The molecule has 0 fully saturated rings. The van der Waals surface area contributed by atoms with E-state index in [0.717, 1.165) is 5.56 Å². The first-order valence-corrected chi connectivity index (χ1v) is 11.8. The molecule has 0 spiro atoms. The number of aryl methyl sites for hydroxylation is 1. The van der Waals surface area contributed by atoms with Crippen molar-refractivity contribution < 1.29 is 4.79 Å². The van der Waals surface area contributed by atoms with Gasteiger partial charge in [0.05, 0.1) is 30.1 Å². The highest BCUT2D eigenvalue weighted by atomic mass is 35.5. The maximum Gasteiger partial charge on any atom is 0.254 e. The van der Waals surface area contributed by atoms with Crippen LogP contribution in [0.4, 0.5) is 5.82 Å². The van der Waals surface area contributed by atoms with E-state index in [4.69, 9.17) is 23.2 Å². The van der Waals surface area contributed by atoms with Crippen molar-refractivity contribution in [1.82, 2.24) is 39.5 Å². The first-order chi connectivity index (χ1) is 17.9. The molecule has 5 rings (SSSR count). The van der Waals surface area contributed by atoms with Crippen LogP contribution in [0, 0.1) is 0 Å². The Labute approximate surface area is 220 Å². The van der Waals surface area contributed by atoms with Crippen LogP contribution in [0.15, 0.2) is 78.1 Å². The molecular weight excluding hydrogens is 517 g/mol. The molecule has 0 saturated carbocycles. The first kappa shape index (κ1) is 24.3. The summed E-state index contributed by atoms with van der Waals surface area (Å²) in [5.74, 6) is -0.153. The van der Waals surface area contributed by atoms with E-state index >= 15 is 0 Å². The predicted molar refractivity (Wildman–Crippen MR) is 138 cm³/mol. The monoisotopic (exact) mass is 535 g/mol. The molecule has 3 heterocycles. The van der Waals surface area contributed by atoms with Crippen molar-refractivity contribution in [3.63, 3.8) is 0 Å². The normalized spacial score (nSPS) is 11.9. The summed E-state index contributed by atoms with van der Waals surface area (Å²) in [6.45, 7) is 0. The van der Waals surface area contributed by atoms with Crippen molar-refractivity contribution in [2.75, 3.05) is 5.32 Å². The lowest BCUT2D eigenvalue weighted by atomic mass is 10.0. The molecule has 0 aliphatic rings. The summed E-state index contributed by atoms with van der Waals surface area (Å²) in [5.41, 5.74) is 1.91. The van der Waals surface area contributed by atoms with Crippen LogP contribution >= 0.6 is 23.2 Å². The molecule has 2 aromatic carbocycles. The van der Waals surface area contributed by atoms with E-state index in [0.29, 0.717) is 22.0 Å². The third-order valence-corrected chi connectivity index (χ3v) is 5.96. The lowest BCUT2D eigenvalue weighted by molar-refractivity contribution is -0.119. The molecule has 0 bridgehead atoms. The van der Waals surface area contributed by atoms with Gasteiger partial charge >= 0.3 is 0 Å². The molecule has 3 aromatic heterocycles. The van der Waals surface area contributed by atoms with Gasteiger partial charge in [0.15, 0.2) is 11.0 Å². The van der Waals surface area contributed by atoms with E-state index in [1.54, 1.807) is 31.4 Å². The zero-order chi connectivity index (χ0) is 25.9. The predicted octanol–water partition coefficient (Wildman–Crippen LogP) is 3.35. The first-order valence-electron chi connectivity index (χ1n) is 11.0. The summed E-state index contributed by atoms with van der Waals surface area (Å²) in [7, 11) is 1.69. The number of nitrogens with zero attached hydrogens (tertiary/aromatic N) is 8. The highest BCUT2D eigenvalue weighted by Gasteiger charge is 2.24. The minimum absolute atomic E-state index is 0.210. The number of rotatable bonds is 7. The van der Waals surface area contributed by atoms with Gasteiger partial charge in [0.1, 0.15) is 6.04 Å². The lowest BCUT2D eigenvalue weighted by Crippen LogP contribution is -2.34. The average molecular weight is 536 g/mol. The lowest BCUT2D eigenvalue weighted by Gasteiger charge is -2.19. The van der Waals surface area contributed by atoms with Crippen LogP contribution in [0.25, 0.3) is 16.9 Å². The van der Waals surface area contributed by atoms with Crippen LogP contribution in [-0.4, -0.2) is 45.4 Å². The SMILES string of the molecule is Cn1cc(NC(=O)[C@H](Cc2ccccc2)n2cnc(-c3cc(Cl)ccc3-n3cc(Cl)nn3)cc2=O)nn1. The van der Waals surface area contributed by atoms with Crippen LogP contribution in [0.5, 0.6) is 0 Å². The fourth-order valence-electron chi connectivity index (χ4n) is 3.83. The van der Waals surface area contributed by atoms with Crippen LogP contribution in [0.1, 0.15) is 11.6 Å². The zero-order valence-electron chi connectivity index (χ0n) is 19.4. The summed E-state index contributed by atoms with van der Waals surface area (Å²) < 4.78 is 4.22. The van der Waals surface area contributed by atoms with E-state index < -0.39 is 17.5 Å². The van der Waals surface area contributed by atoms with Gasteiger partial charge in [0.2, 0.25) is 5.91 Å². The molecule has 13 heteroatoms. The van der Waals surface area contributed by atoms with Crippen molar-refractivity contribution in [1.29, 1.82) is 0 Å². The van der Waals surface area contributed by atoms with E-state index in [-0.39, 0.29) is 17.4 Å². The number of carbonyl (C=O) groups is 1. The van der Waals surface area contributed by atoms with Gasteiger partial charge in [-0.15, -0.1) is 10.2 Å². The molecule has 11 nitrogen and oxygen atoms in total. The molecule has 37 heavy (non-hydrogen) atoms. The van der Waals surface area contributed by atoms with Gasteiger partial charge in [-0.05, 0) is 23.8 Å². The number of anilines is 1. The summed E-state index contributed by atoms with van der Waals surface area (Å²) in [5, 5.41) is 18.9. The Morgan fingerprint density at radius 1 is 1.03 bits per heavy atom. The fourth-order valence-corrected chi connectivity index (χ4v) is 4.13. The molecule has 0 saturated heterocycles. The molecule has 0 aliphatic carbocycles. The van der Waals surface area contributed by atoms with Crippen molar-refractivity contribution in [2.24, 2.45) is 7.05 Å². The maximum absolute atomic E-state index is 13.4. The van der Waals surface area contributed by atoms with Crippen molar-refractivity contribution in [3.8, 4) is 16.9 Å². The summed E-state index contributed by atoms with van der Waals surface area (Å²) in [6, 6.07) is 14.9. The van der Waals surface area contributed by atoms with Gasteiger partial charge < -0.3 is 5.32 Å². The van der Waals surface area contributed by atoms with Crippen LogP contribution in [-0.2, 0) is 18.3 Å². The van der Waals surface area contributed by atoms with Gasteiger partial charge in [-0.25, -0.2) is 9.67 Å². The average Bonchev–Trinajstić information content (AvgIpc) is 3.50. The smallest absolute Gasteiger partial charge is 0.254 e. The second-order valence-electron chi connectivity index (χ2n) is 8.14. The highest BCUT2D eigenvalue weighted by Crippen LogP contribution is 2.28. The fraction of sp³-hybridized carbons (Fsp3) is 0.125. The van der Waals surface area contributed by atoms with Gasteiger partial charge in [0.25, 0.3) is 5.56 Å². The van der Waals surface area contributed by atoms with Crippen molar-refractivity contribution in [2.45, 2.75) is 12.5 Å². The Kier molecular flexibility index (Phi) is 6.80. The quantitative estimate of drug-likeness (QED) is 0.338. The van der Waals surface area contributed by atoms with Crippen LogP contribution in [0.3, 0.4) is 0 Å². The van der Waals surface area contributed by atoms with Crippen LogP contribution in [0.2, 0.25) is 10.2 Å². The summed E-state index contributed by atoms with van der Waals surface area (Å²) in [4.78, 5) is 31.2. The molecule has 0 unspecified atom stereocenters. The van der Waals surface area contributed by atoms with Crippen molar-refractivity contribution in [3.05, 3.63) is 99.4 Å².